The minimum atomic E-state index is -0.670. The zero-order valence-electron chi connectivity index (χ0n) is 14.5. The minimum Gasteiger partial charge on any atom is -0.489 e. The Morgan fingerprint density at radius 2 is 1.92 bits per heavy atom. The van der Waals surface area contributed by atoms with Gasteiger partial charge in [0.15, 0.2) is 6.10 Å². The first kappa shape index (κ1) is 17.6. The largest absolute Gasteiger partial charge is 0.489 e. The summed E-state index contributed by atoms with van der Waals surface area (Å²) in [4.78, 5) is 16.6. The Balaban J connectivity index is 1.65. The van der Waals surface area contributed by atoms with E-state index in [4.69, 9.17) is 9.47 Å². The third kappa shape index (κ3) is 4.68. The van der Waals surface area contributed by atoms with Gasteiger partial charge in [-0.2, -0.15) is 0 Å². The standard InChI is InChI=1S/C21H20N2O3/c1-25-20(17-8-3-2-4-9-17)21(24)23-18-10-5-11-19(13-18)26-15-16-7-6-12-22-14-16/h2-14,20H,15H2,1H3,(H,23,24)/t20-/m0/s1. The Hall–Kier alpha value is -3.18. The second-order valence-electron chi connectivity index (χ2n) is 5.69. The van der Waals surface area contributed by atoms with Crippen LogP contribution in [0.3, 0.4) is 0 Å². The lowest BCUT2D eigenvalue weighted by Crippen LogP contribution is -2.22. The maximum atomic E-state index is 12.5. The number of carbonyl (C=O) groups is 1. The Morgan fingerprint density at radius 1 is 1.08 bits per heavy atom. The van der Waals surface area contributed by atoms with Gasteiger partial charge in [-0.05, 0) is 23.8 Å². The van der Waals surface area contributed by atoms with E-state index >= 15 is 0 Å². The Bertz CT molecular complexity index is 838. The molecule has 0 saturated carbocycles. The Kier molecular flexibility index (Phi) is 5.96. The fourth-order valence-electron chi connectivity index (χ4n) is 2.54. The molecule has 132 valence electrons. The van der Waals surface area contributed by atoms with Crippen LogP contribution < -0.4 is 10.1 Å². The van der Waals surface area contributed by atoms with Gasteiger partial charge < -0.3 is 14.8 Å². The molecule has 5 nitrogen and oxygen atoms in total. The van der Waals surface area contributed by atoms with Gasteiger partial charge in [-0.15, -0.1) is 0 Å². The van der Waals surface area contributed by atoms with Gasteiger partial charge in [0, 0.05) is 36.8 Å². The van der Waals surface area contributed by atoms with Gasteiger partial charge >= 0.3 is 0 Å². The van der Waals surface area contributed by atoms with Crippen molar-refractivity contribution in [3.8, 4) is 5.75 Å². The van der Waals surface area contributed by atoms with E-state index in [2.05, 4.69) is 10.3 Å². The van der Waals surface area contributed by atoms with E-state index in [1.807, 2.05) is 60.7 Å². The number of ether oxygens (including phenoxy) is 2. The molecule has 3 aromatic rings. The first-order chi connectivity index (χ1) is 12.8. The van der Waals surface area contributed by atoms with Crippen LogP contribution in [0.15, 0.2) is 79.1 Å². The molecule has 0 unspecified atom stereocenters. The molecule has 0 radical (unpaired) electrons. The lowest BCUT2D eigenvalue weighted by molar-refractivity contribution is -0.126. The quantitative estimate of drug-likeness (QED) is 0.701. The van der Waals surface area contributed by atoms with Crippen molar-refractivity contribution in [1.29, 1.82) is 0 Å². The number of carbonyl (C=O) groups excluding carboxylic acids is 1. The number of hydrogen-bond donors (Lipinski definition) is 1. The van der Waals surface area contributed by atoms with Crippen LogP contribution in [0.4, 0.5) is 5.69 Å². The smallest absolute Gasteiger partial charge is 0.258 e. The number of amides is 1. The van der Waals surface area contributed by atoms with Crippen molar-refractivity contribution in [2.24, 2.45) is 0 Å². The molecule has 0 aliphatic rings. The van der Waals surface area contributed by atoms with E-state index in [9.17, 15) is 4.79 Å². The van der Waals surface area contributed by atoms with E-state index in [0.29, 0.717) is 18.0 Å². The van der Waals surface area contributed by atoms with Gasteiger partial charge in [-0.3, -0.25) is 9.78 Å². The highest BCUT2D eigenvalue weighted by molar-refractivity contribution is 5.95. The molecular weight excluding hydrogens is 328 g/mol. The molecule has 5 heteroatoms. The lowest BCUT2D eigenvalue weighted by atomic mass is 10.1. The SMILES string of the molecule is CO[C@H](C(=O)Nc1cccc(OCc2cccnc2)c1)c1ccccc1. The zero-order valence-corrected chi connectivity index (χ0v) is 14.5. The number of anilines is 1. The third-order valence-electron chi connectivity index (χ3n) is 3.81. The predicted octanol–water partition coefficient (Wildman–Crippen LogP) is 3.99. The van der Waals surface area contributed by atoms with Crippen LogP contribution in [0.1, 0.15) is 17.2 Å². The van der Waals surface area contributed by atoms with Gasteiger partial charge in [-0.25, -0.2) is 0 Å². The highest BCUT2D eigenvalue weighted by Crippen LogP contribution is 2.22. The van der Waals surface area contributed by atoms with Crippen molar-refractivity contribution in [2.75, 3.05) is 12.4 Å². The number of benzene rings is 2. The first-order valence-electron chi connectivity index (χ1n) is 8.26. The molecular formula is C21H20N2O3. The number of nitrogens with one attached hydrogen (secondary N) is 1. The molecule has 0 spiro atoms. The molecule has 26 heavy (non-hydrogen) atoms. The summed E-state index contributed by atoms with van der Waals surface area (Å²) in [6.07, 6.45) is 2.81. The number of methoxy groups -OCH3 is 1. The molecule has 1 N–H and O–H groups in total. The molecule has 1 aromatic heterocycles. The topological polar surface area (TPSA) is 60.5 Å². The molecule has 0 saturated heterocycles. The van der Waals surface area contributed by atoms with Crippen LogP contribution in [0.25, 0.3) is 0 Å². The molecule has 3 rings (SSSR count). The van der Waals surface area contributed by atoms with Crippen molar-refractivity contribution in [1.82, 2.24) is 4.98 Å². The summed E-state index contributed by atoms with van der Waals surface area (Å²) in [6.45, 7) is 0.413. The highest BCUT2D eigenvalue weighted by atomic mass is 16.5. The van der Waals surface area contributed by atoms with Gasteiger partial charge in [0.2, 0.25) is 0 Å². The van der Waals surface area contributed by atoms with Crippen molar-refractivity contribution >= 4 is 11.6 Å². The van der Waals surface area contributed by atoms with Gasteiger partial charge in [0.25, 0.3) is 5.91 Å². The van der Waals surface area contributed by atoms with Crippen molar-refractivity contribution in [3.05, 3.63) is 90.3 Å². The monoisotopic (exact) mass is 348 g/mol. The summed E-state index contributed by atoms with van der Waals surface area (Å²) in [5, 5.41) is 2.87. The number of aromatic nitrogens is 1. The van der Waals surface area contributed by atoms with Crippen LogP contribution in [0.5, 0.6) is 5.75 Å². The van der Waals surface area contributed by atoms with E-state index in [-0.39, 0.29) is 5.91 Å². The third-order valence-corrected chi connectivity index (χ3v) is 3.81. The Morgan fingerprint density at radius 3 is 2.65 bits per heavy atom. The average Bonchev–Trinajstić information content (AvgIpc) is 2.69. The van der Waals surface area contributed by atoms with Crippen LogP contribution in [-0.2, 0) is 16.1 Å². The first-order valence-corrected chi connectivity index (χ1v) is 8.26. The summed E-state index contributed by atoms with van der Waals surface area (Å²) in [7, 11) is 1.52. The lowest BCUT2D eigenvalue weighted by Gasteiger charge is -2.16. The van der Waals surface area contributed by atoms with Crippen LogP contribution >= 0.6 is 0 Å². The molecule has 0 bridgehead atoms. The van der Waals surface area contributed by atoms with Crippen molar-refractivity contribution < 1.29 is 14.3 Å². The normalized spacial score (nSPS) is 11.6. The summed E-state index contributed by atoms with van der Waals surface area (Å²) >= 11 is 0. The molecule has 1 heterocycles. The van der Waals surface area contributed by atoms with E-state index in [1.165, 1.54) is 7.11 Å². The summed E-state index contributed by atoms with van der Waals surface area (Å²) in [5.41, 5.74) is 2.43. The zero-order chi connectivity index (χ0) is 18.2. The second-order valence-corrected chi connectivity index (χ2v) is 5.69. The average molecular weight is 348 g/mol. The molecule has 0 aliphatic carbocycles. The van der Waals surface area contributed by atoms with Crippen LogP contribution in [0, 0.1) is 0 Å². The predicted molar refractivity (Wildman–Crippen MR) is 99.8 cm³/mol. The molecule has 2 aromatic carbocycles. The van der Waals surface area contributed by atoms with E-state index in [1.54, 1.807) is 18.5 Å². The number of hydrogen-bond acceptors (Lipinski definition) is 4. The fraction of sp³-hybridized carbons (Fsp3) is 0.143. The number of pyridine rings is 1. The summed E-state index contributed by atoms with van der Waals surface area (Å²) < 4.78 is 11.1. The number of nitrogens with zero attached hydrogens (tertiary/aromatic N) is 1. The fourth-order valence-corrected chi connectivity index (χ4v) is 2.54. The maximum absolute atomic E-state index is 12.5. The van der Waals surface area contributed by atoms with Gasteiger partial charge in [0.1, 0.15) is 12.4 Å². The van der Waals surface area contributed by atoms with Gasteiger partial charge in [0.05, 0.1) is 0 Å². The van der Waals surface area contributed by atoms with Crippen LogP contribution in [0.2, 0.25) is 0 Å². The van der Waals surface area contributed by atoms with Crippen LogP contribution in [-0.4, -0.2) is 18.0 Å². The minimum absolute atomic E-state index is 0.233. The summed E-state index contributed by atoms with van der Waals surface area (Å²) in [6, 6.07) is 20.5. The van der Waals surface area contributed by atoms with Gasteiger partial charge in [-0.1, -0.05) is 42.5 Å². The second kappa shape index (κ2) is 8.78. The number of rotatable bonds is 7. The maximum Gasteiger partial charge on any atom is 0.258 e. The molecule has 1 amide bonds. The highest BCUT2D eigenvalue weighted by Gasteiger charge is 2.19. The van der Waals surface area contributed by atoms with Crippen molar-refractivity contribution in [3.63, 3.8) is 0 Å². The molecule has 0 aliphatic heterocycles. The molecule has 1 atom stereocenters. The molecule has 0 fully saturated rings. The van der Waals surface area contributed by atoms with E-state index < -0.39 is 6.10 Å². The van der Waals surface area contributed by atoms with E-state index in [0.717, 1.165) is 11.1 Å². The summed E-state index contributed by atoms with van der Waals surface area (Å²) in [5.74, 6) is 0.434. The Labute approximate surface area is 152 Å². The van der Waals surface area contributed by atoms with Crippen molar-refractivity contribution in [2.45, 2.75) is 12.7 Å².